The fourth-order valence-electron chi connectivity index (χ4n) is 2.45. The lowest BCUT2D eigenvalue weighted by Crippen LogP contribution is -2.29. The van der Waals surface area contributed by atoms with Gasteiger partial charge in [-0.15, -0.1) is 0 Å². The third-order valence-corrected chi connectivity index (χ3v) is 3.54. The second kappa shape index (κ2) is 8.19. The van der Waals surface area contributed by atoms with Gasteiger partial charge in [-0.3, -0.25) is 4.79 Å². The van der Waals surface area contributed by atoms with E-state index in [1.807, 2.05) is 24.3 Å². The number of rotatable bonds is 7. The molecule has 0 spiro atoms. The van der Waals surface area contributed by atoms with Crippen LogP contribution in [0.1, 0.15) is 31.2 Å². The van der Waals surface area contributed by atoms with Gasteiger partial charge < -0.3 is 14.8 Å². The van der Waals surface area contributed by atoms with E-state index in [9.17, 15) is 18.0 Å². The summed E-state index contributed by atoms with van der Waals surface area (Å²) in [6.07, 6.45) is 0.113. The minimum atomic E-state index is -4.43. The van der Waals surface area contributed by atoms with Crippen LogP contribution in [0.2, 0.25) is 0 Å². The lowest BCUT2D eigenvalue weighted by molar-refractivity contribution is -0.175. The Kier molecular flexibility index (Phi) is 6.27. The molecule has 0 bridgehead atoms. The molecule has 0 atom stereocenters. The van der Waals surface area contributed by atoms with Crippen molar-refractivity contribution in [1.82, 2.24) is 5.32 Å². The van der Waals surface area contributed by atoms with Crippen molar-refractivity contribution in [2.24, 2.45) is 0 Å². The van der Waals surface area contributed by atoms with Gasteiger partial charge in [0.25, 0.3) is 0 Å². The molecule has 0 aliphatic heterocycles. The fourth-order valence-corrected chi connectivity index (χ4v) is 2.45. The number of hydrogen-bond donors (Lipinski definition) is 1. The monoisotopic (exact) mass is 331 g/mol. The van der Waals surface area contributed by atoms with Crippen molar-refractivity contribution in [3.8, 4) is 5.75 Å². The van der Waals surface area contributed by atoms with Crippen LogP contribution in [-0.4, -0.2) is 31.4 Å². The summed E-state index contributed by atoms with van der Waals surface area (Å²) < 4.78 is 46.0. The Morgan fingerprint density at radius 2 is 1.91 bits per heavy atom. The second-order valence-corrected chi connectivity index (χ2v) is 5.52. The highest BCUT2D eigenvalue weighted by molar-refractivity contribution is 5.77. The Balaban J connectivity index is 1.79. The van der Waals surface area contributed by atoms with Gasteiger partial charge in [-0.2, -0.15) is 13.2 Å². The fraction of sp³-hybridized carbons (Fsp3) is 0.562. The van der Waals surface area contributed by atoms with Gasteiger partial charge in [0.15, 0.2) is 0 Å². The van der Waals surface area contributed by atoms with Crippen molar-refractivity contribution in [3.05, 3.63) is 29.8 Å². The van der Waals surface area contributed by atoms with Gasteiger partial charge in [-0.05, 0) is 31.7 Å². The number of benzene rings is 1. The van der Waals surface area contributed by atoms with Crippen molar-refractivity contribution < 1.29 is 27.4 Å². The molecule has 0 aromatic heterocycles. The highest BCUT2D eigenvalue weighted by Gasteiger charge is 2.27. The number of hydrogen-bond acceptors (Lipinski definition) is 3. The van der Waals surface area contributed by atoms with E-state index in [4.69, 9.17) is 4.74 Å². The molecule has 128 valence electrons. The summed E-state index contributed by atoms with van der Waals surface area (Å²) in [6, 6.07) is 7.33. The molecule has 0 radical (unpaired) electrons. The maximum atomic E-state index is 11.9. The smallest absolute Gasteiger partial charge is 0.411 e. The molecular formula is C16H20F3NO3. The molecule has 0 saturated heterocycles. The minimum Gasteiger partial charge on any atom is -0.490 e. The summed E-state index contributed by atoms with van der Waals surface area (Å²) >= 11 is 0. The molecule has 0 unspecified atom stereocenters. The summed E-state index contributed by atoms with van der Waals surface area (Å²) in [4.78, 5) is 11.5. The maximum absolute atomic E-state index is 11.9. The third-order valence-electron chi connectivity index (χ3n) is 3.54. The molecule has 1 aromatic rings. The highest BCUT2D eigenvalue weighted by Crippen LogP contribution is 2.26. The van der Waals surface area contributed by atoms with Crippen LogP contribution in [0.25, 0.3) is 0 Å². The van der Waals surface area contributed by atoms with E-state index in [-0.39, 0.29) is 12.6 Å². The normalized spacial score (nSPS) is 15.6. The van der Waals surface area contributed by atoms with E-state index in [1.54, 1.807) is 0 Å². The number of para-hydroxylation sites is 1. The summed E-state index contributed by atoms with van der Waals surface area (Å²) in [6.45, 7) is -1.86. The zero-order chi connectivity index (χ0) is 16.7. The molecule has 0 heterocycles. The molecule has 23 heavy (non-hydrogen) atoms. The van der Waals surface area contributed by atoms with Crippen molar-refractivity contribution in [2.75, 3.05) is 13.2 Å². The summed E-state index contributed by atoms with van der Waals surface area (Å²) in [5.41, 5.74) is 0.795. The molecule has 1 aliphatic rings. The SMILES string of the molecule is O=C(COCC(F)(F)F)NCc1ccccc1OC1CCCC1. The molecule has 1 fully saturated rings. The van der Waals surface area contributed by atoms with Crippen LogP contribution in [0.4, 0.5) is 13.2 Å². The zero-order valence-corrected chi connectivity index (χ0v) is 12.7. The number of halogens is 3. The second-order valence-electron chi connectivity index (χ2n) is 5.52. The van der Waals surface area contributed by atoms with Gasteiger partial charge in [0.1, 0.15) is 19.0 Å². The van der Waals surface area contributed by atoms with Crippen molar-refractivity contribution >= 4 is 5.91 Å². The zero-order valence-electron chi connectivity index (χ0n) is 12.7. The Hall–Kier alpha value is -1.76. The maximum Gasteiger partial charge on any atom is 0.411 e. The molecule has 1 saturated carbocycles. The van der Waals surface area contributed by atoms with Gasteiger partial charge in [-0.25, -0.2) is 0 Å². The van der Waals surface area contributed by atoms with E-state index in [0.717, 1.165) is 31.2 Å². The van der Waals surface area contributed by atoms with Gasteiger partial charge in [0, 0.05) is 12.1 Å². The number of carbonyl (C=O) groups is 1. The molecule has 1 amide bonds. The van der Waals surface area contributed by atoms with E-state index >= 15 is 0 Å². The van der Waals surface area contributed by atoms with E-state index in [0.29, 0.717) is 5.75 Å². The van der Waals surface area contributed by atoms with Crippen LogP contribution in [0.3, 0.4) is 0 Å². The van der Waals surface area contributed by atoms with Crippen LogP contribution >= 0.6 is 0 Å². The molecule has 1 aliphatic carbocycles. The topological polar surface area (TPSA) is 47.6 Å². The lowest BCUT2D eigenvalue weighted by Gasteiger charge is -2.16. The van der Waals surface area contributed by atoms with Crippen molar-refractivity contribution in [1.29, 1.82) is 0 Å². The summed E-state index contributed by atoms with van der Waals surface area (Å²) in [7, 11) is 0. The number of amides is 1. The van der Waals surface area contributed by atoms with Crippen LogP contribution in [-0.2, 0) is 16.1 Å². The summed E-state index contributed by atoms with van der Waals surface area (Å²) in [5, 5.41) is 2.54. The van der Waals surface area contributed by atoms with Gasteiger partial charge in [0.2, 0.25) is 5.91 Å². The Morgan fingerprint density at radius 1 is 1.22 bits per heavy atom. The molecule has 4 nitrogen and oxygen atoms in total. The quantitative estimate of drug-likeness (QED) is 0.835. The molecule has 7 heteroatoms. The number of carbonyl (C=O) groups excluding carboxylic acids is 1. The van der Waals surface area contributed by atoms with Crippen LogP contribution in [0.5, 0.6) is 5.75 Å². The largest absolute Gasteiger partial charge is 0.490 e. The first-order valence-corrected chi connectivity index (χ1v) is 7.60. The predicted molar refractivity (Wildman–Crippen MR) is 78.0 cm³/mol. The van der Waals surface area contributed by atoms with Crippen LogP contribution in [0.15, 0.2) is 24.3 Å². The number of nitrogens with one attached hydrogen (secondary N) is 1. The number of ether oxygens (including phenoxy) is 2. The Bertz CT molecular complexity index is 514. The lowest BCUT2D eigenvalue weighted by atomic mass is 10.2. The average Bonchev–Trinajstić information content (AvgIpc) is 2.98. The number of alkyl halides is 3. The van der Waals surface area contributed by atoms with E-state index < -0.39 is 25.3 Å². The molecule has 1 N–H and O–H groups in total. The third kappa shape index (κ3) is 6.48. The standard InChI is InChI=1S/C16H20F3NO3/c17-16(18,19)11-22-10-15(21)20-9-12-5-1-4-8-14(12)23-13-6-2-3-7-13/h1,4-5,8,13H,2-3,6-7,9-11H2,(H,20,21). The Labute approximate surface area is 133 Å². The van der Waals surface area contributed by atoms with Gasteiger partial charge in [0.05, 0.1) is 6.10 Å². The molecule has 2 rings (SSSR count). The minimum absolute atomic E-state index is 0.192. The average molecular weight is 331 g/mol. The van der Waals surface area contributed by atoms with Gasteiger partial charge in [-0.1, -0.05) is 18.2 Å². The van der Waals surface area contributed by atoms with E-state index in [2.05, 4.69) is 10.1 Å². The van der Waals surface area contributed by atoms with E-state index in [1.165, 1.54) is 0 Å². The first kappa shape index (κ1) is 17.6. The highest BCUT2D eigenvalue weighted by atomic mass is 19.4. The van der Waals surface area contributed by atoms with Gasteiger partial charge >= 0.3 is 6.18 Å². The first-order valence-electron chi connectivity index (χ1n) is 7.60. The molecule has 1 aromatic carbocycles. The molecular weight excluding hydrogens is 311 g/mol. The first-order chi connectivity index (χ1) is 10.9. The van der Waals surface area contributed by atoms with Crippen LogP contribution in [0, 0.1) is 0 Å². The predicted octanol–water partition coefficient (Wildman–Crippen LogP) is 3.20. The van der Waals surface area contributed by atoms with Crippen LogP contribution < -0.4 is 10.1 Å². The summed E-state index contributed by atoms with van der Waals surface area (Å²) in [5.74, 6) is 0.112. The Morgan fingerprint density at radius 3 is 2.61 bits per heavy atom. The van der Waals surface area contributed by atoms with Crippen molar-refractivity contribution in [3.63, 3.8) is 0 Å². The van der Waals surface area contributed by atoms with Crippen molar-refractivity contribution in [2.45, 2.75) is 44.5 Å².